The first-order valence-electron chi connectivity index (χ1n) is 10.1. The lowest BCUT2D eigenvalue weighted by molar-refractivity contribution is 0.357. The van der Waals surface area contributed by atoms with Crippen LogP contribution in [0.5, 0.6) is 0 Å². The molecule has 0 saturated carbocycles. The molecule has 0 amide bonds. The summed E-state index contributed by atoms with van der Waals surface area (Å²) in [5, 5.41) is 0.875. The van der Waals surface area contributed by atoms with E-state index < -0.39 is 10.0 Å². The van der Waals surface area contributed by atoms with E-state index in [9.17, 15) is 13.2 Å². The number of fused-ring (bicyclic) bond motifs is 1. The summed E-state index contributed by atoms with van der Waals surface area (Å²) in [6.07, 6.45) is 2.37. The number of furan rings is 1. The molecule has 160 valence electrons. The van der Waals surface area contributed by atoms with E-state index in [1.807, 2.05) is 25.1 Å². The Kier molecular flexibility index (Phi) is 5.80. The number of sulfonamides is 1. The van der Waals surface area contributed by atoms with Crippen LogP contribution in [-0.4, -0.2) is 17.7 Å². The zero-order chi connectivity index (χ0) is 22.0. The van der Waals surface area contributed by atoms with Gasteiger partial charge in [0.2, 0.25) is 10.0 Å². The second kappa shape index (κ2) is 8.53. The van der Waals surface area contributed by atoms with Gasteiger partial charge in [-0.25, -0.2) is 8.42 Å². The number of hydrogen-bond acceptors (Lipinski definition) is 4. The molecule has 2 heterocycles. The van der Waals surface area contributed by atoms with Crippen molar-refractivity contribution in [3.63, 3.8) is 0 Å². The number of aryl methyl sites for hydroxylation is 2. The monoisotopic (exact) mass is 436 g/mol. The summed E-state index contributed by atoms with van der Waals surface area (Å²) in [7, 11) is -3.85. The van der Waals surface area contributed by atoms with Gasteiger partial charge in [-0.15, -0.1) is 0 Å². The molecule has 0 radical (unpaired) electrons. The fourth-order valence-corrected chi connectivity index (χ4v) is 4.87. The maximum Gasteiger partial charge on any atom is 0.252 e. The second-order valence-corrected chi connectivity index (χ2v) is 9.50. The van der Waals surface area contributed by atoms with Gasteiger partial charge in [0, 0.05) is 17.6 Å². The number of pyridine rings is 1. The Morgan fingerprint density at radius 1 is 1.00 bits per heavy atom. The van der Waals surface area contributed by atoms with E-state index in [2.05, 4.69) is 11.9 Å². The molecule has 0 saturated heterocycles. The van der Waals surface area contributed by atoms with Gasteiger partial charge in [-0.05, 0) is 66.8 Å². The van der Waals surface area contributed by atoms with Crippen LogP contribution in [0.2, 0.25) is 0 Å². The van der Waals surface area contributed by atoms with Crippen LogP contribution in [0.4, 0.5) is 0 Å². The van der Waals surface area contributed by atoms with Crippen LogP contribution in [0.25, 0.3) is 10.9 Å². The van der Waals surface area contributed by atoms with Crippen molar-refractivity contribution in [3.8, 4) is 0 Å². The minimum atomic E-state index is -3.85. The van der Waals surface area contributed by atoms with Gasteiger partial charge in [-0.2, -0.15) is 4.31 Å². The Morgan fingerprint density at radius 2 is 1.77 bits per heavy atom. The molecule has 7 heteroatoms. The lowest BCUT2D eigenvalue weighted by Gasteiger charge is -2.21. The quantitative estimate of drug-likeness (QED) is 0.466. The molecule has 0 unspecified atom stereocenters. The summed E-state index contributed by atoms with van der Waals surface area (Å²) in [6.45, 7) is 3.91. The van der Waals surface area contributed by atoms with Crippen molar-refractivity contribution < 1.29 is 12.8 Å². The molecule has 31 heavy (non-hydrogen) atoms. The smallest absolute Gasteiger partial charge is 0.252 e. The zero-order valence-corrected chi connectivity index (χ0v) is 18.3. The van der Waals surface area contributed by atoms with E-state index in [4.69, 9.17) is 4.42 Å². The van der Waals surface area contributed by atoms with Crippen LogP contribution in [0.3, 0.4) is 0 Å². The van der Waals surface area contributed by atoms with Gasteiger partial charge in [-0.1, -0.05) is 30.7 Å². The van der Waals surface area contributed by atoms with Crippen molar-refractivity contribution in [2.45, 2.75) is 38.3 Å². The van der Waals surface area contributed by atoms with Crippen LogP contribution in [0.15, 0.2) is 81.0 Å². The van der Waals surface area contributed by atoms with Crippen LogP contribution in [0, 0.1) is 6.92 Å². The average Bonchev–Trinajstić information content (AvgIpc) is 3.27. The Morgan fingerprint density at radius 3 is 2.45 bits per heavy atom. The highest BCUT2D eigenvalue weighted by atomic mass is 32.2. The summed E-state index contributed by atoms with van der Waals surface area (Å²) in [5.74, 6) is 0.501. The molecule has 0 aliphatic heterocycles. The summed E-state index contributed by atoms with van der Waals surface area (Å²) in [5.41, 5.74) is 2.91. The maximum atomic E-state index is 13.4. The van der Waals surface area contributed by atoms with Gasteiger partial charge in [0.05, 0.1) is 17.7 Å². The minimum absolute atomic E-state index is 0.0235. The van der Waals surface area contributed by atoms with Crippen LogP contribution in [-0.2, 0) is 29.5 Å². The number of nitrogens with one attached hydrogen (secondary N) is 1. The molecular formula is C24H24N2O4S. The highest BCUT2D eigenvalue weighted by Gasteiger charge is 2.26. The van der Waals surface area contributed by atoms with E-state index in [-0.39, 0.29) is 23.5 Å². The Bertz CT molecular complexity index is 1360. The van der Waals surface area contributed by atoms with E-state index in [1.165, 1.54) is 10.6 Å². The Balaban J connectivity index is 1.76. The Hall–Kier alpha value is -3.16. The summed E-state index contributed by atoms with van der Waals surface area (Å²) in [6, 6.07) is 17.7. The molecule has 2 aromatic carbocycles. The van der Waals surface area contributed by atoms with Gasteiger partial charge in [0.1, 0.15) is 5.76 Å². The number of benzene rings is 2. The van der Waals surface area contributed by atoms with E-state index in [0.29, 0.717) is 11.3 Å². The number of H-pyrrole nitrogens is 1. The maximum absolute atomic E-state index is 13.4. The standard InChI is InChI=1S/C24H24N2O4S/c1-3-18-8-11-23-19(13-18)14-20(24(27)25-23)15-26(16-21-5-4-12-30-21)31(28,29)22-9-6-17(2)7-10-22/h4-14H,3,15-16H2,1-2H3,(H,25,27). The number of hydrogen-bond donors (Lipinski definition) is 1. The van der Waals surface area contributed by atoms with E-state index >= 15 is 0 Å². The molecule has 0 fully saturated rings. The molecule has 0 spiro atoms. The van der Waals surface area contributed by atoms with Crippen LogP contribution < -0.4 is 5.56 Å². The number of rotatable bonds is 7. The summed E-state index contributed by atoms with van der Waals surface area (Å²) < 4.78 is 33.5. The van der Waals surface area contributed by atoms with Crippen molar-refractivity contribution in [1.82, 2.24) is 9.29 Å². The lowest BCUT2D eigenvalue weighted by Crippen LogP contribution is -2.32. The third-order valence-corrected chi connectivity index (χ3v) is 7.12. The van der Waals surface area contributed by atoms with Gasteiger partial charge in [0.15, 0.2) is 0 Å². The number of aromatic nitrogens is 1. The molecule has 0 bridgehead atoms. The molecule has 0 aliphatic rings. The van der Waals surface area contributed by atoms with Crippen LogP contribution in [0.1, 0.15) is 29.4 Å². The number of aromatic amines is 1. The van der Waals surface area contributed by atoms with E-state index in [0.717, 1.165) is 28.5 Å². The molecule has 2 aromatic heterocycles. The highest BCUT2D eigenvalue weighted by molar-refractivity contribution is 7.89. The van der Waals surface area contributed by atoms with Crippen molar-refractivity contribution in [2.24, 2.45) is 0 Å². The average molecular weight is 437 g/mol. The normalized spacial score (nSPS) is 12.0. The molecule has 0 atom stereocenters. The molecule has 6 nitrogen and oxygen atoms in total. The Labute approximate surface area is 181 Å². The highest BCUT2D eigenvalue weighted by Crippen LogP contribution is 2.22. The molecular weight excluding hydrogens is 412 g/mol. The van der Waals surface area contributed by atoms with Crippen molar-refractivity contribution >= 4 is 20.9 Å². The van der Waals surface area contributed by atoms with Gasteiger partial charge < -0.3 is 9.40 Å². The summed E-state index contributed by atoms with van der Waals surface area (Å²) >= 11 is 0. The molecule has 0 aliphatic carbocycles. The van der Waals surface area contributed by atoms with Gasteiger partial charge in [-0.3, -0.25) is 4.79 Å². The first kappa shape index (κ1) is 21.1. The van der Waals surface area contributed by atoms with Crippen molar-refractivity contribution in [1.29, 1.82) is 0 Å². The third kappa shape index (κ3) is 4.47. The fraction of sp³-hybridized carbons (Fsp3) is 0.208. The largest absolute Gasteiger partial charge is 0.468 e. The predicted molar refractivity (Wildman–Crippen MR) is 120 cm³/mol. The van der Waals surface area contributed by atoms with E-state index in [1.54, 1.807) is 42.5 Å². The first-order chi connectivity index (χ1) is 14.9. The second-order valence-electron chi connectivity index (χ2n) is 7.56. The molecule has 1 N–H and O–H groups in total. The molecule has 4 aromatic rings. The third-order valence-electron chi connectivity index (χ3n) is 5.31. The molecule has 4 rings (SSSR count). The number of nitrogens with zero attached hydrogens (tertiary/aromatic N) is 1. The topological polar surface area (TPSA) is 83.4 Å². The predicted octanol–water partition coefficient (Wildman–Crippen LogP) is 4.38. The lowest BCUT2D eigenvalue weighted by atomic mass is 10.1. The summed E-state index contributed by atoms with van der Waals surface area (Å²) in [4.78, 5) is 15.8. The fourth-order valence-electron chi connectivity index (χ4n) is 3.49. The SMILES string of the molecule is CCc1ccc2[nH]c(=O)c(CN(Cc3ccco3)S(=O)(=O)c3ccc(C)cc3)cc2c1. The van der Waals surface area contributed by atoms with Gasteiger partial charge in [0.25, 0.3) is 5.56 Å². The zero-order valence-electron chi connectivity index (χ0n) is 17.5. The first-order valence-corrected chi connectivity index (χ1v) is 11.5. The minimum Gasteiger partial charge on any atom is -0.468 e. The van der Waals surface area contributed by atoms with Gasteiger partial charge >= 0.3 is 0 Å². The van der Waals surface area contributed by atoms with Crippen LogP contribution >= 0.6 is 0 Å². The van der Waals surface area contributed by atoms with Crippen molar-refractivity contribution in [2.75, 3.05) is 0 Å². The van der Waals surface area contributed by atoms with Crippen molar-refractivity contribution in [3.05, 3.63) is 99.7 Å².